The Morgan fingerprint density at radius 2 is 2.15 bits per heavy atom. The number of rotatable bonds is 2. The van der Waals surface area contributed by atoms with E-state index >= 15 is 0 Å². The molecule has 0 amide bonds. The van der Waals surface area contributed by atoms with Gasteiger partial charge in [0, 0.05) is 6.07 Å². The van der Waals surface area contributed by atoms with Crippen LogP contribution in [0.15, 0.2) is 10.6 Å². The van der Waals surface area contributed by atoms with Crippen molar-refractivity contribution in [2.45, 2.75) is 12.7 Å². The molecule has 1 rings (SSSR count). The maximum atomic E-state index is 11.9. The molecule has 0 aliphatic heterocycles. The maximum absolute atomic E-state index is 11.9. The van der Waals surface area contributed by atoms with Crippen LogP contribution in [0, 0.1) is 0 Å². The fourth-order valence-corrected chi connectivity index (χ4v) is 0.704. The van der Waals surface area contributed by atoms with Gasteiger partial charge in [-0.1, -0.05) is 5.16 Å². The molecule has 1 aromatic rings. The minimum absolute atomic E-state index is 0. The zero-order valence-corrected chi connectivity index (χ0v) is 7.50. The lowest BCUT2D eigenvalue weighted by atomic mass is 10.3. The van der Waals surface area contributed by atoms with Crippen LogP contribution in [0.2, 0.25) is 0 Å². The number of alkyl halides is 3. The van der Waals surface area contributed by atoms with E-state index in [9.17, 15) is 13.2 Å². The van der Waals surface area contributed by atoms with Gasteiger partial charge in [0.25, 0.3) is 0 Å². The van der Waals surface area contributed by atoms with Crippen LogP contribution in [-0.4, -0.2) is 12.2 Å². The SMILES string of the molecule is CNCc1cc(C(F)(F)F)no1.Cl. The molecule has 3 nitrogen and oxygen atoms in total. The third-order valence-corrected chi connectivity index (χ3v) is 1.20. The van der Waals surface area contributed by atoms with E-state index in [-0.39, 0.29) is 24.7 Å². The molecular weight excluding hydrogens is 209 g/mol. The quantitative estimate of drug-likeness (QED) is 0.820. The second-order valence-corrected chi connectivity index (χ2v) is 2.21. The smallest absolute Gasteiger partial charge is 0.359 e. The summed E-state index contributed by atoms with van der Waals surface area (Å²) in [4.78, 5) is 0. The van der Waals surface area contributed by atoms with E-state index in [2.05, 4.69) is 15.0 Å². The van der Waals surface area contributed by atoms with Gasteiger partial charge in [0.1, 0.15) is 0 Å². The summed E-state index contributed by atoms with van der Waals surface area (Å²) in [6.45, 7) is 0.239. The van der Waals surface area contributed by atoms with Crippen LogP contribution in [0.5, 0.6) is 0 Å². The molecule has 0 bridgehead atoms. The summed E-state index contributed by atoms with van der Waals surface area (Å²) in [5, 5.41) is 5.51. The highest BCUT2D eigenvalue weighted by atomic mass is 35.5. The Morgan fingerprint density at radius 1 is 1.54 bits per heavy atom. The van der Waals surface area contributed by atoms with Gasteiger partial charge in [0.05, 0.1) is 6.54 Å². The summed E-state index contributed by atoms with van der Waals surface area (Å²) < 4.78 is 40.1. The molecule has 0 aliphatic rings. The molecule has 76 valence electrons. The van der Waals surface area contributed by atoms with Gasteiger partial charge in [0.15, 0.2) is 11.5 Å². The van der Waals surface area contributed by atoms with Gasteiger partial charge in [-0.25, -0.2) is 0 Å². The molecule has 0 radical (unpaired) electrons. The van der Waals surface area contributed by atoms with Crippen molar-refractivity contribution in [3.05, 3.63) is 17.5 Å². The molecule has 0 aromatic carbocycles. The van der Waals surface area contributed by atoms with Gasteiger partial charge < -0.3 is 9.84 Å². The average Bonchev–Trinajstić information content (AvgIpc) is 2.35. The topological polar surface area (TPSA) is 38.1 Å². The zero-order valence-electron chi connectivity index (χ0n) is 6.68. The molecule has 0 saturated carbocycles. The fraction of sp³-hybridized carbons (Fsp3) is 0.500. The molecule has 7 heteroatoms. The first-order chi connectivity index (χ1) is 5.54. The van der Waals surface area contributed by atoms with E-state index < -0.39 is 11.9 Å². The number of nitrogens with one attached hydrogen (secondary N) is 1. The van der Waals surface area contributed by atoms with Crippen molar-refractivity contribution in [1.29, 1.82) is 0 Å². The first kappa shape index (κ1) is 12.2. The van der Waals surface area contributed by atoms with Crippen molar-refractivity contribution in [3.8, 4) is 0 Å². The van der Waals surface area contributed by atoms with Crippen molar-refractivity contribution >= 4 is 12.4 Å². The van der Waals surface area contributed by atoms with E-state index in [1.54, 1.807) is 7.05 Å². The lowest BCUT2D eigenvalue weighted by molar-refractivity contribution is -0.142. The van der Waals surface area contributed by atoms with Gasteiger partial charge in [0.2, 0.25) is 0 Å². The van der Waals surface area contributed by atoms with Gasteiger partial charge >= 0.3 is 6.18 Å². The van der Waals surface area contributed by atoms with E-state index in [0.717, 1.165) is 6.07 Å². The molecule has 0 spiro atoms. The Hall–Kier alpha value is -0.750. The second kappa shape index (κ2) is 4.48. The standard InChI is InChI=1S/C6H7F3N2O.ClH/c1-10-3-4-2-5(11-12-4)6(7,8)9;/h2,10H,3H2,1H3;1H. The summed E-state index contributed by atoms with van der Waals surface area (Å²) in [6, 6.07) is 0.872. The second-order valence-electron chi connectivity index (χ2n) is 2.21. The molecule has 0 aliphatic carbocycles. The summed E-state index contributed by atoms with van der Waals surface area (Å²) in [6.07, 6.45) is -4.42. The van der Waals surface area contributed by atoms with Crippen LogP contribution in [-0.2, 0) is 12.7 Å². The first-order valence-electron chi connectivity index (χ1n) is 3.21. The molecule has 0 unspecified atom stereocenters. The summed E-state index contributed by atoms with van der Waals surface area (Å²) in [5.74, 6) is 0.171. The van der Waals surface area contributed by atoms with Crippen molar-refractivity contribution < 1.29 is 17.7 Å². The fourth-order valence-electron chi connectivity index (χ4n) is 0.704. The largest absolute Gasteiger partial charge is 0.436 e. The lowest BCUT2D eigenvalue weighted by Gasteiger charge is -1.97. The maximum Gasteiger partial charge on any atom is 0.436 e. The monoisotopic (exact) mass is 216 g/mol. The minimum atomic E-state index is -4.42. The first-order valence-corrected chi connectivity index (χ1v) is 3.21. The predicted molar refractivity (Wildman–Crippen MR) is 41.5 cm³/mol. The van der Waals surface area contributed by atoms with E-state index in [1.165, 1.54) is 0 Å². The minimum Gasteiger partial charge on any atom is -0.359 e. The summed E-state index contributed by atoms with van der Waals surface area (Å²) in [5.41, 5.74) is -0.993. The third-order valence-electron chi connectivity index (χ3n) is 1.20. The molecule has 13 heavy (non-hydrogen) atoms. The number of aromatic nitrogens is 1. The molecule has 0 fully saturated rings. The van der Waals surface area contributed by atoms with Crippen LogP contribution >= 0.6 is 12.4 Å². The summed E-state index contributed by atoms with van der Waals surface area (Å²) in [7, 11) is 1.61. The molecule has 0 atom stereocenters. The van der Waals surface area contributed by atoms with Crippen LogP contribution in [0.3, 0.4) is 0 Å². The van der Waals surface area contributed by atoms with E-state index in [4.69, 9.17) is 0 Å². The van der Waals surface area contributed by atoms with Gasteiger partial charge in [-0.15, -0.1) is 12.4 Å². The zero-order chi connectivity index (χ0) is 9.19. The third kappa shape index (κ3) is 3.23. The molecule has 1 aromatic heterocycles. The Labute approximate surface area is 78.7 Å². The van der Waals surface area contributed by atoms with Crippen molar-refractivity contribution in [2.24, 2.45) is 0 Å². The number of halogens is 4. The highest BCUT2D eigenvalue weighted by molar-refractivity contribution is 5.85. The highest BCUT2D eigenvalue weighted by Crippen LogP contribution is 2.28. The average molecular weight is 217 g/mol. The Morgan fingerprint density at radius 3 is 2.54 bits per heavy atom. The van der Waals surface area contributed by atoms with Crippen LogP contribution in [0.25, 0.3) is 0 Å². The number of hydrogen-bond acceptors (Lipinski definition) is 3. The lowest BCUT2D eigenvalue weighted by Crippen LogP contribution is -2.05. The molecule has 1 heterocycles. The van der Waals surface area contributed by atoms with E-state index in [0.29, 0.717) is 0 Å². The normalized spacial score (nSPS) is 11.1. The Kier molecular flexibility index (Phi) is 4.22. The highest BCUT2D eigenvalue weighted by Gasteiger charge is 2.34. The molecule has 0 saturated heterocycles. The molecular formula is C6H8ClF3N2O. The summed E-state index contributed by atoms with van der Waals surface area (Å²) >= 11 is 0. The van der Waals surface area contributed by atoms with Gasteiger partial charge in [-0.3, -0.25) is 0 Å². The number of hydrogen-bond donors (Lipinski definition) is 1. The van der Waals surface area contributed by atoms with Crippen molar-refractivity contribution in [1.82, 2.24) is 10.5 Å². The van der Waals surface area contributed by atoms with Crippen molar-refractivity contribution in [3.63, 3.8) is 0 Å². The van der Waals surface area contributed by atoms with Gasteiger partial charge in [-0.2, -0.15) is 13.2 Å². The predicted octanol–water partition coefficient (Wildman–Crippen LogP) is 1.83. The van der Waals surface area contributed by atoms with Gasteiger partial charge in [-0.05, 0) is 7.05 Å². The Balaban J connectivity index is 0.00000144. The van der Waals surface area contributed by atoms with Crippen molar-refractivity contribution in [2.75, 3.05) is 7.05 Å². The molecule has 1 N–H and O–H groups in total. The van der Waals surface area contributed by atoms with Crippen LogP contribution in [0.4, 0.5) is 13.2 Å². The number of nitrogens with zero attached hydrogens (tertiary/aromatic N) is 1. The van der Waals surface area contributed by atoms with Crippen LogP contribution < -0.4 is 5.32 Å². The van der Waals surface area contributed by atoms with E-state index in [1.807, 2.05) is 0 Å². The van der Waals surface area contributed by atoms with Crippen LogP contribution in [0.1, 0.15) is 11.5 Å². The Bertz CT molecular complexity index is 261.